The van der Waals surface area contributed by atoms with E-state index in [1.54, 1.807) is 0 Å². The number of fused-ring (bicyclic) bond motifs is 1. The molecule has 41 heavy (non-hydrogen) atoms. The predicted molar refractivity (Wildman–Crippen MR) is 126 cm³/mol. The van der Waals surface area contributed by atoms with Crippen LogP contribution in [-0.4, -0.2) is 43.4 Å². The zero-order valence-electron chi connectivity index (χ0n) is 21.5. The third-order valence-electron chi connectivity index (χ3n) is 6.32. The molecule has 16 heteroatoms. The van der Waals surface area contributed by atoms with Gasteiger partial charge < -0.3 is 20.1 Å². The molecule has 7 nitrogen and oxygen atoms in total. The van der Waals surface area contributed by atoms with Crippen LogP contribution in [0, 0.1) is 0 Å². The topological polar surface area (TPSA) is 85.1 Å². The fraction of sp³-hybridized carbons (Fsp3) is 0.440. The molecule has 2 atom stereocenters. The molecule has 1 aliphatic rings. The Morgan fingerprint density at radius 2 is 1.49 bits per heavy atom. The average molecular weight is 601 g/mol. The Kier molecular flexibility index (Phi) is 9.05. The normalized spacial score (nSPS) is 17.7. The molecular weight excluding hydrogens is 577 g/mol. The Labute approximate surface area is 227 Å². The summed E-state index contributed by atoms with van der Waals surface area (Å²) in [5.74, 6) is 0. The number of rotatable bonds is 6. The maximum Gasteiger partial charge on any atom is 0.416 e. The van der Waals surface area contributed by atoms with Crippen LogP contribution in [0.5, 0.6) is 0 Å². The van der Waals surface area contributed by atoms with Crippen molar-refractivity contribution in [1.82, 2.24) is 4.90 Å². The van der Waals surface area contributed by atoms with Crippen molar-refractivity contribution in [2.75, 3.05) is 25.2 Å². The average Bonchev–Trinajstić information content (AvgIpc) is 2.85. The Hall–Kier alpha value is -3.69. The molecule has 2 N–H and O–H groups in total. The number of carbonyl (C=O) groups is 2. The monoisotopic (exact) mass is 601 g/mol. The highest BCUT2D eigenvalue weighted by atomic mass is 19.4. The lowest BCUT2D eigenvalue weighted by atomic mass is 9.88. The van der Waals surface area contributed by atoms with Crippen LogP contribution >= 0.6 is 0 Å². The second-order valence-corrected chi connectivity index (χ2v) is 9.08. The van der Waals surface area contributed by atoms with E-state index >= 15 is 0 Å². The Morgan fingerprint density at radius 3 is 1.95 bits per heavy atom. The van der Waals surface area contributed by atoms with Gasteiger partial charge in [0.1, 0.15) is 0 Å². The molecule has 0 aromatic heterocycles. The lowest BCUT2D eigenvalue weighted by Crippen LogP contribution is -2.51. The van der Waals surface area contributed by atoms with Crippen LogP contribution in [-0.2, 0) is 34.5 Å². The summed E-state index contributed by atoms with van der Waals surface area (Å²) in [5.41, 5.74) is -0.0397. The molecule has 3 rings (SSSR count). The minimum atomic E-state index is -5.18. The van der Waals surface area contributed by atoms with Crippen LogP contribution in [0.1, 0.15) is 47.2 Å². The van der Waals surface area contributed by atoms with Gasteiger partial charge in [0.2, 0.25) is 0 Å². The minimum absolute atomic E-state index is 0.0983. The molecule has 0 unspecified atom stereocenters. The van der Waals surface area contributed by atoms with Crippen molar-refractivity contribution in [1.29, 1.82) is 0 Å². The summed E-state index contributed by atoms with van der Waals surface area (Å²) in [6, 6.07) is -0.791. The Balaban J connectivity index is 2.21. The van der Waals surface area contributed by atoms with Crippen LogP contribution < -0.4 is 10.6 Å². The summed E-state index contributed by atoms with van der Waals surface area (Å²) < 4.78 is 132. The lowest BCUT2D eigenvalue weighted by molar-refractivity contribution is -0.143. The van der Waals surface area contributed by atoms with Gasteiger partial charge in [-0.3, -0.25) is 4.90 Å². The van der Waals surface area contributed by atoms with E-state index in [4.69, 9.17) is 15.2 Å². The quantitative estimate of drug-likeness (QED) is 0.372. The largest absolute Gasteiger partial charge is 0.449 e. The third kappa shape index (κ3) is 7.15. The van der Waals surface area contributed by atoms with Crippen molar-refractivity contribution in [2.45, 2.75) is 50.5 Å². The number of amides is 3. The molecular formula is C25H24F9N3O4. The first-order valence-corrected chi connectivity index (χ1v) is 11.9. The zero-order chi connectivity index (χ0) is 30.9. The molecule has 0 radical (unpaired) electrons. The van der Waals surface area contributed by atoms with Gasteiger partial charge in [-0.1, -0.05) is 0 Å². The van der Waals surface area contributed by atoms with E-state index in [9.17, 15) is 49.1 Å². The van der Waals surface area contributed by atoms with Gasteiger partial charge in [-0.2, -0.15) is 39.5 Å². The first-order valence-electron chi connectivity index (χ1n) is 11.9. The number of anilines is 1. The molecule has 2 aromatic carbocycles. The highest BCUT2D eigenvalue weighted by Crippen LogP contribution is 2.45. The van der Waals surface area contributed by atoms with E-state index in [1.165, 1.54) is 14.0 Å². The summed E-state index contributed by atoms with van der Waals surface area (Å²) >= 11 is 0. The number of carbonyl (C=O) groups excluding carboxylic acids is 2. The molecule has 226 valence electrons. The van der Waals surface area contributed by atoms with E-state index < -0.39 is 71.5 Å². The van der Waals surface area contributed by atoms with Gasteiger partial charge in [0.05, 0.1) is 47.7 Å². The number of ether oxygens (including phenoxy) is 2. The van der Waals surface area contributed by atoms with E-state index in [-0.39, 0.29) is 37.0 Å². The number of nitrogens with two attached hydrogens (primary N) is 1. The number of primary amides is 1. The van der Waals surface area contributed by atoms with Crippen molar-refractivity contribution in [3.8, 4) is 0 Å². The zero-order valence-corrected chi connectivity index (χ0v) is 21.5. The maximum atomic E-state index is 13.6. The van der Waals surface area contributed by atoms with Crippen molar-refractivity contribution in [2.24, 2.45) is 5.73 Å². The summed E-state index contributed by atoms with van der Waals surface area (Å²) in [7, 11) is 1.26. The fourth-order valence-corrected chi connectivity index (χ4v) is 4.62. The second-order valence-electron chi connectivity index (χ2n) is 9.08. The van der Waals surface area contributed by atoms with Gasteiger partial charge in [-0.25, -0.2) is 9.59 Å². The van der Waals surface area contributed by atoms with Crippen LogP contribution in [0.2, 0.25) is 0 Å². The fourth-order valence-electron chi connectivity index (χ4n) is 4.62. The highest BCUT2D eigenvalue weighted by molar-refractivity contribution is 5.90. The molecule has 0 bridgehead atoms. The minimum Gasteiger partial charge on any atom is -0.449 e. The van der Waals surface area contributed by atoms with Crippen molar-refractivity contribution in [3.63, 3.8) is 0 Å². The molecule has 1 aliphatic heterocycles. The molecule has 1 heterocycles. The van der Waals surface area contributed by atoms with Gasteiger partial charge in [0, 0.05) is 13.7 Å². The number of halogens is 9. The number of benzene rings is 2. The summed E-state index contributed by atoms with van der Waals surface area (Å²) in [6.07, 6.45) is -16.5. The van der Waals surface area contributed by atoms with Crippen LogP contribution in [0.4, 0.5) is 54.8 Å². The van der Waals surface area contributed by atoms with Crippen molar-refractivity contribution < 1.29 is 58.6 Å². The first kappa shape index (κ1) is 31.8. The van der Waals surface area contributed by atoms with Gasteiger partial charge in [0.25, 0.3) is 0 Å². The number of nitrogens with zero attached hydrogens (tertiary/aromatic N) is 2. The number of urea groups is 1. The molecule has 0 saturated carbocycles. The molecule has 0 fully saturated rings. The van der Waals surface area contributed by atoms with Gasteiger partial charge in [0.15, 0.2) is 0 Å². The number of hydrogen-bond acceptors (Lipinski definition) is 4. The van der Waals surface area contributed by atoms with Crippen LogP contribution in [0.15, 0.2) is 36.4 Å². The predicted octanol–water partition coefficient (Wildman–Crippen LogP) is 6.75. The Bertz CT molecular complexity index is 1250. The SMILES string of the molecule is CCOC(=O)N1c2ccc(C(F)(F)F)cc2[C@@H](N(Cc2cc(C(F)(F)F)cc(C(F)(F)F)c2)C(N)=O)C[C@H]1COC. The highest BCUT2D eigenvalue weighted by Gasteiger charge is 2.43. The third-order valence-corrected chi connectivity index (χ3v) is 6.32. The molecule has 3 amide bonds. The second kappa shape index (κ2) is 11.7. The molecule has 0 aliphatic carbocycles. The Morgan fingerprint density at radius 1 is 0.927 bits per heavy atom. The van der Waals surface area contributed by atoms with E-state index in [0.29, 0.717) is 29.2 Å². The standard InChI is InChI=1S/C25H24F9N3O4/c1-3-41-22(39)37-17(12-40-2)10-20(18-9-14(23(26,27)28)4-5-19(18)37)36(21(35)38)11-13-6-15(24(29,30)31)8-16(7-13)25(32,33)34/h4-9,17,20H,3,10-12H2,1-2H3,(H2,35,38)/t17-,20-/m0/s1. The lowest BCUT2D eigenvalue weighted by Gasteiger charge is -2.43. The smallest absolute Gasteiger partial charge is 0.416 e. The molecule has 0 spiro atoms. The first-order chi connectivity index (χ1) is 18.9. The van der Waals surface area contributed by atoms with Crippen LogP contribution in [0.25, 0.3) is 0 Å². The van der Waals surface area contributed by atoms with E-state index in [2.05, 4.69) is 0 Å². The number of hydrogen-bond donors (Lipinski definition) is 1. The summed E-state index contributed by atoms with van der Waals surface area (Å²) in [4.78, 5) is 27.1. The summed E-state index contributed by atoms with van der Waals surface area (Å²) in [5, 5.41) is 0. The van der Waals surface area contributed by atoms with E-state index in [1.807, 2.05) is 0 Å². The van der Waals surface area contributed by atoms with Crippen molar-refractivity contribution in [3.05, 3.63) is 64.2 Å². The number of methoxy groups -OCH3 is 1. The van der Waals surface area contributed by atoms with Crippen molar-refractivity contribution >= 4 is 17.8 Å². The van der Waals surface area contributed by atoms with Crippen LogP contribution in [0.3, 0.4) is 0 Å². The molecule has 2 aromatic rings. The number of alkyl halides is 9. The van der Waals surface area contributed by atoms with Gasteiger partial charge in [-0.05, 0) is 60.9 Å². The van der Waals surface area contributed by atoms with Gasteiger partial charge in [-0.15, -0.1) is 0 Å². The van der Waals surface area contributed by atoms with E-state index in [0.717, 1.165) is 11.0 Å². The molecule has 0 saturated heterocycles. The van der Waals surface area contributed by atoms with Gasteiger partial charge >= 0.3 is 30.7 Å². The maximum absolute atomic E-state index is 13.6. The summed E-state index contributed by atoms with van der Waals surface area (Å²) in [6.45, 7) is 0.244.